The Kier molecular flexibility index (Phi) is 12.3. The molecule has 134 valence electrons. The van der Waals surface area contributed by atoms with Crippen molar-refractivity contribution in [2.45, 2.75) is 91.8 Å². The normalized spacial score (nSPS) is 15.3. The molecule has 0 aromatic carbocycles. The van der Waals surface area contributed by atoms with Crippen molar-refractivity contribution >= 4 is 0 Å². The van der Waals surface area contributed by atoms with E-state index in [-0.39, 0.29) is 5.60 Å². The van der Waals surface area contributed by atoms with E-state index in [2.05, 4.69) is 27.7 Å². The summed E-state index contributed by atoms with van der Waals surface area (Å²) in [5.74, 6) is 1.28. The van der Waals surface area contributed by atoms with E-state index < -0.39 is 6.10 Å². The first-order chi connectivity index (χ1) is 10.3. The molecule has 0 saturated heterocycles. The summed E-state index contributed by atoms with van der Waals surface area (Å²) in [7, 11) is 0. The first-order valence-corrected chi connectivity index (χ1v) is 9.20. The molecule has 3 heteroatoms. The lowest BCUT2D eigenvalue weighted by Gasteiger charge is -2.28. The molecule has 0 aliphatic carbocycles. The average molecular weight is 317 g/mol. The number of aliphatic hydroxyl groups is 1. The Labute approximate surface area is 138 Å². The third-order valence-electron chi connectivity index (χ3n) is 4.12. The lowest BCUT2D eigenvalue weighted by Crippen LogP contribution is -2.33. The highest BCUT2D eigenvalue weighted by molar-refractivity contribution is 4.74. The van der Waals surface area contributed by atoms with Gasteiger partial charge in [-0.1, -0.05) is 47.0 Å². The zero-order chi connectivity index (χ0) is 17.0. The second-order valence-electron chi connectivity index (χ2n) is 7.60. The molecule has 0 bridgehead atoms. The van der Waals surface area contributed by atoms with Crippen LogP contribution in [-0.2, 0) is 9.47 Å². The maximum atomic E-state index is 10.1. The Morgan fingerprint density at radius 3 is 2.27 bits per heavy atom. The summed E-state index contributed by atoms with van der Waals surface area (Å²) in [6, 6.07) is 0. The van der Waals surface area contributed by atoms with Gasteiger partial charge < -0.3 is 14.6 Å². The molecular weight excluding hydrogens is 276 g/mol. The van der Waals surface area contributed by atoms with E-state index in [0.29, 0.717) is 24.9 Å². The van der Waals surface area contributed by atoms with Crippen LogP contribution in [0, 0.1) is 11.8 Å². The Morgan fingerprint density at radius 2 is 1.73 bits per heavy atom. The van der Waals surface area contributed by atoms with Crippen molar-refractivity contribution in [3.8, 4) is 0 Å². The molecule has 0 saturated carbocycles. The molecule has 22 heavy (non-hydrogen) atoms. The zero-order valence-corrected chi connectivity index (χ0v) is 15.9. The molecule has 0 radical (unpaired) electrons. The van der Waals surface area contributed by atoms with Gasteiger partial charge in [0.1, 0.15) is 0 Å². The number of hydrogen-bond donors (Lipinski definition) is 1. The molecule has 2 unspecified atom stereocenters. The van der Waals surface area contributed by atoms with Gasteiger partial charge in [0.2, 0.25) is 0 Å². The van der Waals surface area contributed by atoms with Gasteiger partial charge in [0, 0.05) is 19.6 Å². The molecule has 0 heterocycles. The van der Waals surface area contributed by atoms with Crippen LogP contribution in [0.3, 0.4) is 0 Å². The van der Waals surface area contributed by atoms with Crippen molar-refractivity contribution in [1.29, 1.82) is 0 Å². The van der Waals surface area contributed by atoms with Gasteiger partial charge in [0.05, 0.1) is 18.3 Å². The number of unbranched alkanes of at least 4 members (excludes halogenated alkanes) is 1. The molecule has 0 amide bonds. The van der Waals surface area contributed by atoms with Crippen LogP contribution in [0.4, 0.5) is 0 Å². The first-order valence-electron chi connectivity index (χ1n) is 9.20. The van der Waals surface area contributed by atoms with Gasteiger partial charge in [-0.25, -0.2) is 0 Å². The van der Waals surface area contributed by atoms with E-state index in [1.54, 1.807) is 0 Å². The van der Waals surface area contributed by atoms with E-state index >= 15 is 0 Å². The molecule has 0 aliphatic rings. The van der Waals surface area contributed by atoms with Crippen LogP contribution >= 0.6 is 0 Å². The average Bonchev–Trinajstić information content (AvgIpc) is 2.41. The molecule has 0 rings (SSSR count). The molecule has 1 N–H and O–H groups in total. The number of hydrogen-bond acceptors (Lipinski definition) is 3. The van der Waals surface area contributed by atoms with E-state index in [9.17, 15) is 5.11 Å². The summed E-state index contributed by atoms with van der Waals surface area (Å²) >= 11 is 0. The molecular formula is C19H40O3. The van der Waals surface area contributed by atoms with Gasteiger partial charge in [-0.3, -0.25) is 0 Å². The van der Waals surface area contributed by atoms with Gasteiger partial charge in [-0.05, 0) is 38.5 Å². The van der Waals surface area contributed by atoms with E-state index in [0.717, 1.165) is 26.1 Å². The molecule has 0 aliphatic heterocycles. The van der Waals surface area contributed by atoms with E-state index in [1.807, 2.05) is 13.8 Å². The topological polar surface area (TPSA) is 38.7 Å². The van der Waals surface area contributed by atoms with Crippen molar-refractivity contribution in [2.75, 3.05) is 19.8 Å². The smallest absolute Gasteiger partial charge is 0.0800 e. The summed E-state index contributed by atoms with van der Waals surface area (Å²) in [5, 5.41) is 10.1. The van der Waals surface area contributed by atoms with Crippen molar-refractivity contribution in [2.24, 2.45) is 11.8 Å². The highest BCUT2D eigenvalue weighted by atomic mass is 16.5. The molecule has 0 spiro atoms. The Hall–Kier alpha value is -0.120. The summed E-state index contributed by atoms with van der Waals surface area (Å²) in [6.07, 6.45) is 6.12. The SMILES string of the molecule is CCCCC(CC)COCC(O)CC(C)(C)OCCC(C)C. The lowest BCUT2D eigenvalue weighted by atomic mass is 10.00. The maximum Gasteiger partial charge on any atom is 0.0800 e. The number of rotatable bonds is 14. The van der Waals surface area contributed by atoms with Crippen LogP contribution in [0.1, 0.15) is 80.1 Å². The predicted octanol–water partition coefficient (Wildman–Crippen LogP) is 4.81. The third kappa shape index (κ3) is 12.4. The van der Waals surface area contributed by atoms with Gasteiger partial charge in [-0.2, -0.15) is 0 Å². The molecule has 3 nitrogen and oxygen atoms in total. The van der Waals surface area contributed by atoms with Crippen molar-refractivity contribution in [3.05, 3.63) is 0 Å². The Morgan fingerprint density at radius 1 is 1.05 bits per heavy atom. The van der Waals surface area contributed by atoms with Gasteiger partial charge in [-0.15, -0.1) is 0 Å². The molecule has 0 aromatic rings. The minimum atomic E-state index is -0.447. The quantitative estimate of drug-likeness (QED) is 0.500. The zero-order valence-electron chi connectivity index (χ0n) is 15.9. The maximum absolute atomic E-state index is 10.1. The highest BCUT2D eigenvalue weighted by Crippen LogP contribution is 2.19. The minimum absolute atomic E-state index is 0.288. The standard InChI is InChI=1S/C19H40O3/c1-7-9-10-17(8-2)14-21-15-18(20)13-19(5,6)22-12-11-16(3)4/h16-18,20H,7-15H2,1-6H3. The van der Waals surface area contributed by atoms with Gasteiger partial charge in [0.15, 0.2) is 0 Å². The lowest BCUT2D eigenvalue weighted by molar-refractivity contribution is -0.0702. The fourth-order valence-electron chi connectivity index (χ4n) is 2.53. The van der Waals surface area contributed by atoms with Crippen LogP contribution in [-0.4, -0.2) is 36.6 Å². The van der Waals surface area contributed by atoms with E-state index in [1.165, 1.54) is 19.3 Å². The van der Waals surface area contributed by atoms with Crippen molar-refractivity contribution in [3.63, 3.8) is 0 Å². The monoisotopic (exact) mass is 316 g/mol. The van der Waals surface area contributed by atoms with Crippen LogP contribution in [0.2, 0.25) is 0 Å². The van der Waals surface area contributed by atoms with Crippen molar-refractivity contribution < 1.29 is 14.6 Å². The van der Waals surface area contributed by atoms with Crippen LogP contribution in [0.5, 0.6) is 0 Å². The molecule has 2 atom stereocenters. The summed E-state index contributed by atoms with van der Waals surface area (Å²) in [4.78, 5) is 0. The van der Waals surface area contributed by atoms with Crippen LogP contribution in [0.25, 0.3) is 0 Å². The minimum Gasteiger partial charge on any atom is -0.391 e. The van der Waals surface area contributed by atoms with Crippen molar-refractivity contribution in [1.82, 2.24) is 0 Å². The van der Waals surface area contributed by atoms with Gasteiger partial charge in [0.25, 0.3) is 0 Å². The third-order valence-corrected chi connectivity index (χ3v) is 4.12. The fourth-order valence-corrected chi connectivity index (χ4v) is 2.53. The van der Waals surface area contributed by atoms with Crippen LogP contribution in [0.15, 0.2) is 0 Å². The summed E-state index contributed by atoms with van der Waals surface area (Å²) in [5.41, 5.74) is -0.288. The summed E-state index contributed by atoms with van der Waals surface area (Å²) < 4.78 is 11.6. The van der Waals surface area contributed by atoms with Gasteiger partial charge >= 0.3 is 0 Å². The first kappa shape index (κ1) is 21.9. The Bertz CT molecular complexity index is 251. The second kappa shape index (κ2) is 12.3. The van der Waals surface area contributed by atoms with E-state index in [4.69, 9.17) is 9.47 Å². The number of aliphatic hydroxyl groups excluding tert-OH is 1. The largest absolute Gasteiger partial charge is 0.391 e. The predicted molar refractivity (Wildman–Crippen MR) is 94.2 cm³/mol. The molecule has 0 aromatic heterocycles. The summed E-state index contributed by atoms with van der Waals surface area (Å²) in [6.45, 7) is 14.9. The van der Waals surface area contributed by atoms with Crippen LogP contribution < -0.4 is 0 Å². The second-order valence-corrected chi connectivity index (χ2v) is 7.60. The molecule has 0 fully saturated rings. The highest BCUT2D eigenvalue weighted by Gasteiger charge is 2.23. The fraction of sp³-hybridized carbons (Fsp3) is 1.00. The number of ether oxygens (including phenoxy) is 2. The Balaban J connectivity index is 3.88.